The molecule has 1 aromatic heterocycles. The van der Waals surface area contributed by atoms with Crippen LogP contribution >= 0.6 is 0 Å². The van der Waals surface area contributed by atoms with Crippen LogP contribution in [-0.4, -0.2) is 10.5 Å². The molecule has 0 aliphatic carbocycles. The highest BCUT2D eigenvalue weighted by molar-refractivity contribution is 5.93. The van der Waals surface area contributed by atoms with Crippen LogP contribution in [0.15, 0.2) is 29.8 Å². The highest BCUT2D eigenvalue weighted by Gasteiger charge is 2.15. The standard InChI is InChI=1S/C22H31N3O/c1-7-14(3)21(23)19-10-9-18(11-16(19)5)13-24-22(26)20-12-15(4)17(6)25(20)8-2/h9-12H,7-8,13,23H2,1-6H3,(H,24,26). The Kier molecular flexibility index (Phi) is 6.30. The first-order valence-electron chi connectivity index (χ1n) is 9.30. The quantitative estimate of drug-likeness (QED) is 0.805. The van der Waals surface area contributed by atoms with Crippen molar-refractivity contribution in [3.63, 3.8) is 0 Å². The van der Waals surface area contributed by atoms with Gasteiger partial charge in [-0.15, -0.1) is 0 Å². The summed E-state index contributed by atoms with van der Waals surface area (Å²) in [6, 6.07) is 8.14. The van der Waals surface area contributed by atoms with Crippen molar-refractivity contribution in [2.75, 3.05) is 0 Å². The van der Waals surface area contributed by atoms with Crippen LogP contribution in [0.3, 0.4) is 0 Å². The molecule has 4 nitrogen and oxygen atoms in total. The smallest absolute Gasteiger partial charge is 0.268 e. The van der Waals surface area contributed by atoms with E-state index in [1.807, 2.05) is 32.0 Å². The second-order valence-corrected chi connectivity index (χ2v) is 6.92. The Hall–Kier alpha value is -2.49. The Bertz CT molecular complexity index is 843. The summed E-state index contributed by atoms with van der Waals surface area (Å²) in [6.07, 6.45) is 0.943. The number of rotatable bonds is 6. The lowest BCUT2D eigenvalue weighted by molar-refractivity contribution is 0.0941. The molecule has 1 aromatic carbocycles. The number of hydrogen-bond donors (Lipinski definition) is 2. The van der Waals surface area contributed by atoms with E-state index in [1.165, 1.54) is 5.57 Å². The van der Waals surface area contributed by atoms with Gasteiger partial charge in [0.2, 0.25) is 0 Å². The van der Waals surface area contributed by atoms with Crippen LogP contribution in [-0.2, 0) is 13.1 Å². The summed E-state index contributed by atoms with van der Waals surface area (Å²) in [5.74, 6) is -0.0361. The minimum Gasteiger partial charge on any atom is -0.398 e. The summed E-state index contributed by atoms with van der Waals surface area (Å²) < 4.78 is 2.05. The maximum absolute atomic E-state index is 12.6. The summed E-state index contributed by atoms with van der Waals surface area (Å²) in [4.78, 5) is 12.6. The molecule has 0 radical (unpaired) electrons. The molecule has 0 saturated heterocycles. The van der Waals surface area contributed by atoms with Gasteiger partial charge in [-0.05, 0) is 69.4 Å². The molecule has 3 N–H and O–H groups in total. The minimum absolute atomic E-state index is 0.0361. The average molecular weight is 354 g/mol. The van der Waals surface area contributed by atoms with Crippen molar-refractivity contribution in [1.82, 2.24) is 9.88 Å². The van der Waals surface area contributed by atoms with Crippen LogP contribution in [0.25, 0.3) is 5.70 Å². The van der Waals surface area contributed by atoms with Gasteiger partial charge in [-0.3, -0.25) is 4.79 Å². The average Bonchev–Trinajstić information content (AvgIpc) is 2.92. The van der Waals surface area contributed by atoms with Crippen molar-refractivity contribution in [3.8, 4) is 0 Å². The number of carbonyl (C=O) groups excluding carboxylic acids is 1. The van der Waals surface area contributed by atoms with Crippen LogP contribution in [0.2, 0.25) is 0 Å². The molecule has 0 bridgehead atoms. The summed E-state index contributed by atoms with van der Waals surface area (Å²) in [7, 11) is 0. The van der Waals surface area contributed by atoms with E-state index >= 15 is 0 Å². The molecule has 1 amide bonds. The van der Waals surface area contributed by atoms with Gasteiger partial charge in [0.25, 0.3) is 5.91 Å². The first kappa shape index (κ1) is 19.8. The minimum atomic E-state index is -0.0361. The number of amides is 1. The van der Waals surface area contributed by atoms with E-state index in [4.69, 9.17) is 5.73 Å². The highest BCUT2D eigenvalue weighted by atomic mass is 16.1. The molecular formula is C22H31N3O. The van der Waals surface area contributed by atoms with Gasteiger partial charge in [-0.1, -0.05) is 25.1 Å². The van der Waals surface area contributed by atoms with E-state index in [-0.39, 0.29) is 5.91 Å². The number of aromatic nitrogens is 1. The van der Waals surface area contributed by atoms with Crippen LogP contribution in [0.5, 0.6) is 0 Å². The Balaban J connectivity index is 2.14. The van der Waals surface area contributed by atoms with Crippen LogP contribution < -0.4 is 11.1 Å². The van der Waals surface area contributed by atoms with Gasteiger partial charge >= 0.3 is 0 Å². The van der Waals surface area contributed by atoms with E-state index in [9.17, 15) is 4.79 Å². The van der Waals surface area contributed by atoms with E-state index in [2.05, 4.69) is 43.6 Å². The molecule has 140 valence electrons. The van der Waals surface area contributed by atoms with Crippen molar-refractivity contribution in [1.29, 1.82) is 0 Å². The van der Waals surface area contributed by atoms with Crippen molar-refractivity contribution in [2.45, 2.75) is 61.1 Å². The van der Waals surface area contributed by atoms with Crippen molar-refractivity contribution < 1.29 is 4.79 Å². The number of allylic oxidation sites excluding steroid dienone is 1. The van der Waals surface area contributed by atoms with Crippen LogP contribution in [0, 0.1) is 20.8 Å². The highest BCUT2D eigenvalue weighted by Crippen LogP contribution is 2.21. The Labute approximate surface area is 157 Å². The fourth-order valence-electron chi connectivity index (χ4n) is 3.21. The first-order valence-corrected chi connectivity index (χ1v) is 9.30. The molecule has 0 fully saturated rings. The Morgan fingerprint density at radius 1 is 1.12 bits per heavy atom. The van der Waals surface area contributed by atoms with Gasteiger partial charge in [-0.25, -0.2) is 0 Å². The van der Waals surface area contributed by atoms with E-state index < -0.39 is 0 Å². The van der Waals surface area contributed by atoms with Crippen molar-refractivity contribution in [2.24, 2.45) is 5.73 Å². The summed E-state index contributed by atoms with van der Waals surface area (Å²) in [5.41, 5.74) is 14.6. The van der Waals surface area contributed by atoms with Crippen molar-refractivity contribution in [3.05, 3.63) is 63.5 Å². The number of nitrogens with two attached hydrogens (primary N) is 1. The van der Waals surface area contributed by atoms with Crippen LogP contribution in [0.1, 0.15) is 65.6 Å². The molecule has 0 aliphatic heterocycles. The molecule has 0 aliphatic rings. The zero-order valence-corrected chi connectivity index (χ0v) is 16.9. The van der Waals surface area contributed by atoms with Crippen molar-refractivity contribution >= 4 is 11.6 Å². The number of carbonyl (C=O) groups is 1. The number of nitrogens with zero attached hydrogens (tertiary/aromatic N) is 1. The van der Waals surface area contributed by atoms with Gasteiger partial charge in [-0.2, -0.15) is 0 Å². The third kappa shape index (κ3) is 4.01. The van der Waals surface area contributed by atoms with Gasteiger partial charge < -0.3 is 15.6 Å². The normalized spacial score (nSPS) is 12.1. The second-order valence-electron chi connectivity index (χ2n) is 6.92. The molecule has 0 atom stereocenters. The lowest BCUT2D eigenvalue weighted by atomic mass is 9.99. The SMILES string of the molecule is CCC(C)=C(N)c1ccc(CNC(=O)c2cc(C)c(C)n2CC)cc1C. The summed E-state index contributed by atoms with van der Waals surface area (Å²) in [6.45, 7) is 13.7. The fourth-order valence-corrected chi connectivity index (χ4v) is 3.21. The fraction of sp³-hybridized carbons (Fsp3) is 0.409. The van der Waals surface area contributed by atoms with E-state index in [1.54, 1.807) is 0 Å². The lowest BCUT2D eigenvalue weighted by Gasteiger charge is -2.13. The first-order chi connectivity index (χ1) is 12.3. The second kappa shape index (κ2) is 8.26. The third-order valence-corrected chi connectivity index (χ3v) is 5.19. The topological polar surface area (TPSA) is 60.0 Å². The summed E-state index contributed by atoms with van der Waals surface area (Å²) in [5, 5.41) is 3.04. The maximum atomic E-state index is 12.6. The van der Waals surface area contributed by atoms with Gasteiger partial charge in [0, 0.05) is 30.0 Å². The molecule has 4 heteroatoms. The molecule has 26 heavy (non-hydrogen) atoms. The van der Waals surface area contributed by atoms with Gasteiger partial charge in [0.05, 0.1) is 0 Å². The molecular weight excluding hydrogens is 322 g/mol. The Morgan fingerprint density at radius 3 is 2.38 bits per heavy atom. The lowest BCUT2D eigenvalue weighted by Crippen LogP contribution is -2.25. The molecule has 2 aromatic rings. The third-order valence-electron chi connectivity index (χ3n) is 5.19. The van der Waals surface area contributed by atoms with Crippen LogP contribution in [0.4, 0.5) is 0 Å². The largest absolute Gasteiger partial charge is 0.398 e. The van der Waals surface area contributed by atoms with Gasteiger partial charge in [0.15, 0.2) is 0 Å². The molecule has 1 heterocycles. The molecule has 2 rings (SSSR count). The predicted molar refractivity (Wildman–Crippen MR) is 109 cm³/mol. The number of hydrogen-bond acceptors (Lipinski definition) is 2. The Morgan fingerprint density at radius 2 is 1.81 bits per heavy atom. The maximum Gasteiger partial charge on any atom is 0.268 e. The molecule has 0 spiro atoms. The number of nitrogens with one attached hydrogen (secondary N) is 1. The predicted octanol–water partition coefficient (Wildman–Crippen LogP) is 4.46. The monoisotopic (exact) mass is 353 g/mol. The van der Waals surface area contributed by atoms with E-state index in [0.29, 0.717) is 6.54 Å². The summed E-state index contributed by atoms with van der Waals surface area (Å²) >= 11 is 0. The van der Waals surface area contributed by atoms with Gasteiger partial charge in [0.1, 0.15) is 5.69 Å². The zero-order chi connectivity index (χ0) is 19.4. The zero-order valence-electron chi connectivity index (χ0n) is 16.9. The molecule has 0 unspecified atom stereocenters. The number of benzene rings is 1. The number of aryl methyl sites for hydroxylation is 2. The van der Waals surface area contributed by atoms with E-state index in [0.717, 1.165) is 52.3 Å². The molecule has 0 saturated carbocycles.